The van der Waals surface area contributed by atoms with Gasteiger partial charge in [-0.15, -0.1) is 0 Å². The molecule has 0 saturated carbocycles. The van der Waals surface area contributed by atoms with Crippen LogP contribution in [0.4, 0.5) is 4.79 Å². The molecule has 5 N–H and O–H groups in total. The molecule has 6 heteroatoms. The number of ether oxygens (including phenoxy) is 1. The van der Waals surface area contributed by atoms with Crippen LogP contribution < -0.4 is 16.6 Å². The van der Waals surface area contributed by atoms with Gasteiger partial charge in [0.15, 0.2) is 0 Å². The quantitative estimate of drug-likeness (QED) is 0.435. The minimum absolute atomic E-state index is 0.0336. The van der Waals surface area contributed by atoms with Gasteiger partial charge in [-0.1, -0.05) is 67.6 Å². The maximum Gasteiger partial charge on any atom is 0.422 e. The van der Waals surface area contributed by atoms with E-state index in [0.717, 1.165) is 18.4 Å². The normalized spacial score (nSPS) is 15.5. The summed E-state index contributed by atoms with van der Waals surface area (Å²) in [5.41, 5.74) is 13.0. The summed E-state index contributed by atoms with van der Waals surface area (Å²) in [6.07, 6.45) is 0.769. The Hall–Kier alpha value is -2.41. The zero-order valence-electron chi connectivity index (χ0n) is 19.1. The van der Waals surface area contributed by atoms with E-state index in [1.54, 1.807) is 20.8 Å². The first kappa shape index (κ1) is 24.9. The van der Waals surface area contributed by atoms with E-state index in [-0.39, 0.29) is 12.5 Å². The Balaban J connectivity index is 2.04. The number of rotatable bonds is 10. The van der Waals surface area contributed by atoms with Crippen LogP contribution in [0.1, 0.15) is 45.2 Å². The van der Waals surface area contributed by atoms with Gasteiger partial charge in [0.2, 0.25) is 0 Å². The Labute approximate surface area is 186 Å². The van der Waals surface area contributed by atoms with Gasteiger partial charge < -0.3 is 15.6 Å². The number of carbonyl (C=O) groups excluding carboxylic acids is 1. The summed E-state index contributed by atoms with van der Waals surface area (Å²) >= 11 is 0. The van der Waals surface area contributed by atoms with Gasteiger partial charge >= 0.3 is 6.09 Å². The number of benzene rings is 2. The molecular weight excluding hydrogens is 390 g/mol. The molecule has 2 aromatic rings. The second kappa shape index (κ2) is 11.3. The van der Waals surface area contributed by atoms with Gasteiger partial charge in [-0.05, 0) is 57.1 Å². The van der Waals surface area contributed by atoms with Gasteiger partial charge in [0, 0.05) is 12.1 Å². The van der Waals surface area contributed by atoms with E-state index in [2.05, 4.69) is 29.9 Å². The second-order valence-corrected chi connectivity index (χ2v) is 9.22. The van der Waals surface area contributed by atoms with Crippen LogP contribution in [0.2, 0.25) is 0 Å². The van der Waals surface area contributed by atoms with Crippen LogP contribution in [0.5, 0.6) is 0 Å². The van der Waals surface area contributed by atoms with Gasteiger partial charge in [0.1, 0.15) is 5.60 Å². The lowest BCUT2D eigenvalue weighted by molar-refractivity contribution is 0.0348. The highest BCUT2D eigenvalue weighted by Gasteiger charge is 2.39. The average molecular weight is 428 g/mol. The molecule has 0 radical (unpaired) electrons. The van der Waals surface area contributed by atoms with E-state index in [9.17, 15) is 9.90 Å². The monoisotopic (exact) mass is 427 g/mol. The Bertz CT molecular complexity index is 793. The maximum absolute atomic E-state index is 11.9. The van der Waals surface area contributed by atoms with Crippen molar-refractivity contribution in [3.63, 3.8) is 0 Å². The standard InChI is InChI=1S/C25H37N3O3/c1-19(15-16-20-11-7-5-8-12-20)25(26,17-21-13-9-6-10-14-21)22(29)18-27-28-23(30)31-24(2,3)4/h5-14,19,22,27,29H,15-18,26H2,1-4H3,(H,28,30)/t19?,22-,25+/m1/s1. The average Bonchev–Trinajstić information content (AvgIpc) is 2.72. The van der Waals surface area contributed by atoms with Crippen molar-refractivity contribution in [3.8, 4) is 0 Å². The van der Waals surface area contributed by atoms with Crippen molar-refractivity contribution in [3.05, 3.63) is 71.8 Å². The van der Waals surface area contributed by atoms with E-state index in [0.29, 0.717) is 6.42 Å². The van der Waals surface area contributed by atoms with E-state index in [1.807, 2.05) is 48.5 Å². The van der Waals surface area contributed by atoms with Crippen molar-refractivity contribution in [2.75, 3.05) is 6.54 Å². The molecule has 0 aliphatic heterocycles. The van der Waals surface area contributed by atoms with Crippen molar-refractivity contribution < 1.29 is 14.6 Å². The van der Waals surface area contributed by atoms with Crippen molar-refractivity contribution in [2.24, 2.45) is 11.7 Å². The molecule has 0 aliphatic rings. The number of hydrazine groups is 1. The predicted octanol–water partition coefficient (Wildman–Crippen LogP) is 3.59. The molecule has 31 heavy (non-hydrogen) atoms. The molecule has 6 nitrogen and oxygen atoms in total. The fourth-order valence-electron chi connectivity index (χ4n) is 3.58. The molecule has 0 fully saturated rings. The highest BCUT2D eigenvalue weighted by atomic mass is 16.6. The number of amides is 1. The van der Waals surface area contributed by atoms with Crippen molar-refractivity contribution in [1.29, 1.82) is 0 Å². The summed E-state index contributed by atoms with van der Waals surface area (Å²) in [7, 11) is 0. The van der Waals surface area contributed by atoms with E-state index < -0.39 is 23.3 Å². The third-order valence-electron chi connectivity index (χ3n) is 5.48. The van der Waals surface area contributed by atoms with Crippen LogP contribution >= 0.6 is 0 Å². The third kappa shape index (κ3) is 8.32. The smallest absolute Gasteiger partial charge is 0.422 e. The van der Waals surface area contributed by atoms with Gasteiger partial charge in [0.05, 0.1) is 6.10 Å². The van der Waals surface area contributed by atoms with Crippen LogP contribution in [-0.2, 0) is 17.6 Å². The number of hydrogen-bond acceptors (Lipinski definition) is 5. The molecular formula is C25H37N3O3. The van der Waals surface area contributed by atoms with E-state index in [1.165, 1.54) is 5.56 Å². The number of aliphatic hydroxyl groups is 1. The molecule has 1 amide bonds. The number of aliphatic hydroxyl groups excluding tert-OH is 1. The molecule has 0 saturated heterocycles. The number of carbonyl (C=O) groups is 1. The van der Waals surface area contributed by atoms with Crippen molar-refractivity contribution in [2.45, 2.75) is 64.2 Å². The van der Waals surface area contributed by atoms with E-state index >= 15 is 0 Å². The minimum atomic E-state index is -0.881. The zero-order valence-corrected chi connectivity index (χ0v) is 19.1. The van der Waals surface area contributed by atoms with Crippen LogP contribution in [0.3, 0.4) is 0 Å². The Kier molecular flexibility index (Phi) is 9.04. The molecule has 0 heterocycles. The lowest BCUT2D eigenvalue weighted by atomic mass is 9.74. The summed E-state index contributed by atoms with van der Waals surface area (Å²) < 4.78 is 5.21. The first-order valence-corrected chi connectivity index (χ1v) is 10.9. The van der Waals surface area contributed by atoms with Crippen LogP contribution in [0, 0.1) is 5.92 Å². The lowest BCUT2D eigenvalue weighted by Crippen LogP contribution is -2.61. The predicted molar refractivity (Wildman–Crippen MR) is 124 cm³/mol. The fraction of sp³-hybridized carbons (Fsp3) is 0.480. The van der Waals surface area contributed by atoms with Crippen LogP contribution in [0.15, 0.2) is 60.7 Å². The third-order valence-corrected chi connectivity index (χ3v) is 5.48. The molecule has 2 rings (SSSR count). The largest absolute Gasteiger partial charge is 0.443 e. The highest BCUT2D eigenvalue weighted by molar-refractivity contribution is 5.66. The minimum Gasteiger partial charge on any atom is -0.443 e. The first-order valence-electron chi connectivity index (χ1n) is 10.9. The topological polar surface area (TPSA) is 96.6 Å². The summed E-state index contributed by atoms with van der Waals surface area (Å²) in [4.78, 5) is 11.9. The molecule has 0 aliphatic carbocycles. The Morgan fingerprint density at radius 3 is 2.13 bits per heavy atom. The Morgan fingerprint density at radius 2 is 1.58 bits per heavy atom. The van der Waals surface area contributed by atoms with Crippen molar-refractivity contribution in [1.82, 2.24) is 10.9 Å². The Morgan fingerprint density at radius 1 is 1.03 bits per heavy atom. The molecule has 0 aromatic heterocycles. The highest BCUT2D eigenvalue weighted by Crippen LogP contribution is 2.28. The number of hydrogen-bond donors (Lipinski definition) is 4. The summed E-state index contributed by atoms with van der Waals surface area (Å²) in [6.45, 7) is 7.57. The maximum atomic E-state index is 11.9. The van der Waals surface area contributed by atoms with Gasteiger partial charge in [-0.2, -0.15) is 0 Å². The zero-order chi connectivity index (χ0) is 22.9. The van der Waals surface area contributed by atoms with Crippen LogP contribution in [0.25, 0.3) is 0 Å². The molecule has 170 valence electrons. The molecule has 0 spiro atoms. The molecule has 1 unspecified atom stereocenters. The molecule has 3 atom stereocenters. The lowest BCUT2D eigenvalue weighted by Gasteiger charge is -2.40. The number of nitrogens with one attached hydrogen (secondary N) is 2. The number of aryl methyl sites for hydroxylation is 1. The summed E-state index contributed by atoms with van der Waals surface area (Å²) in [5.74, 6) is 0.0336. The van der Waals surface area contributed by atoms with Gasteiger partial charge in [0.25, 0.3) is 0 Å². The number of nitrogens with two attached hydrogens (primary N) is 1. The molecule has 0 bridgehead atoms. The second-order valence-electron chi connectivity index (χ2n) is 9.22. The fourth-order valence-corrected chi connectivity index (χ4v) is 3.58. The van der Waals surface area contributed by atoms with E-state index in [4.69, 9.17) is 10.5 Å². The molecule has 2 aromatic carbocycles. The van der Waals surface area contributed by atoms with Gasteiger partial charge in [-0.25, -0.2) is 10.2 Å². The van der Waals surface area contributed by atoms with Crippen molar-refractivity contribution >= 4 is 6.09 Å². The van der Waals surface area contributed by atoms with Gasteiger partial charge in [-0.3, -0.25) is 5.43 Å². The summed E-state index contributed by atoms with van der Waals surface area (Å²) in [6, 6.07) is 20.2. The van der Waals surface area contributed by atoms with Crippen LogP contribution in [-0.4, -0.2) is 35.0 Å². The first-order chi connectivity index (χ1) is 14.6. The summed E-state index contributed by atoms with van der Waals surface area (Å²) in [5, 5.41) is 11.1. The SMILES string of the molecule is CC(CCc1ccccc1)[C@@](N)(Cc1ccccc1)[C@H](O)CNNC(=O)OC(C)(C)C.